The lowest BCUT2D eigenvalue weighted by Crippen LogP contribution is -2.39. The zero-order chi connectivity index (χ0) is 10.8. The molecule has 1 rings (SSSR count). The van der Waals surface area contributed by atoms with Crippen LogP contribution < -0.4 is 0 Å². The van der Waals surface area contributed by atoms with Gasteiger partial charge in [-0.3, -0.25) is 0 Å². The first-order valence-corrected chi connectivity index (χ1v) is 6.17. The Hall–Kier alpha value is -0.0400. The van der Waals surface area contributed by atoms with Crippen LogP contribution in [0.3, 0.4) is 0 Å². The summed E-state index contributed by atoms with van der Waals surface area (Å²) in [5.41, 5.74) is -0.355. The average Bonchev–Trinajstić information content (AvgIpc) is 2.00. The predicted molar refractivity (Wildman–Crippen MR) is 61.2 cm³/mol. The van der Waals surface area contributed by atoms with Gasteiger partial charge in [0.05, 0.1) is 5.60 Å². The molecular weight excluding hydrogens is 172 g/mol. The smallest absolute Gasteiger partial charge is 0.0655 e. The van der Waals surface area contributed by atoms with Crippen molar-refractivity contribution in [2.24, 2.45) is 17.8 Å². The predicted octanol–water partition coefficient (Wildman–Crippen LogP) is 3.61. The maximum Gasteiger partial charge on any atom is 0.0655 e. The summed E-state index contributed by atoms with van der Waals surface area (Å²) in [6.07, 6.45) is 5.51. The third-order valence-corrected chi connectivity index (χ3v) is 3.69. The van der Waals surface area contributed by atoms with Gasteiger partial charge in [0.25, 0.3) is 0 Å². The molecule has 1 fully saturated rings. The van der Waals surface area contributed by atoms with E-state index in [0.29, 0.717) is 17.8 Å². The number of aliphatic hydroxyl groups is 1. The van der Waals surface area contributed by atoms with E-state index >= 15 is 0 Å². The van der Waals surface area contributed by atoms with Gasteiger partial charge in [0, 0.05) is 0 Å². The van der Waals surface area contributed by atoms with Crippen molar-refractivity contribution in [1.82, 2.24) is 0 Å². The number of rotatable bonds is 3. The van der Waals surface area contributed by atoms with Crippen molar-refractivity contribution < 1.29 is 5.11 Å². The van der Waals surface area contributed by atoms with Crippen LogP contribution >= 0.6 is 0 Å². The summed E-state index contributed by atoms with van der Waals surface area (Å²) in [6.45, 7) is 9.01. The fraction of sp³-hybridized carbons (Fsp3) is 1.00. The zero-order valence-electron chi connectivity index (χ0n) is 10.2. The second-order valence-electron chi connectivity index (χ2n) is 5.80. The fourth-order valence-corrected chi connectivity index (χ4v) is 3.19. The molecule has 14 heavy (non-hydrogen) atoms. The van der Waals surface area contributed by atoms with Gasteiger partial charge in [0.2, 0.25) is 0 Å². The highest BCUT2D eigenvalue weighted by Gasteiger charge is 2.36. The van der Waals surface area contributed by atoms with Gasteiger partial charge in [0.1, 0.15) is 0 Å². The number of hydrogen-bond acceptors (Lipinski definition) is 1. The SMILES string of the molecule is CCC(C)CC1(O)CC(C)CC(C)C1. The van der Waals surface area contributed by atoms with Crippen molar-refractivity contribution in [3.8, 4) is 0 Å². The molecule has 1 nitrogen and oxygen atoms in total. The van der Waals surface area contributed by atoms with Crippen LogP contribution in [0.25, 0.3) is 0 Å². The molecule has 0 spiro atoms. The third kappa shape index (κ3) is 3.27. The van der Waals surface area contributed by atoms with E-state index < -0.39 is 0 Å². The van der Waals surface area contributed by atoms with Gasteiger partial charge in [0.15, 0.2) is 0 Å². The van der Waals surface area contributed by atoms with E-state index in [1.54, 1.807) is 0 Å². The van der Waals surface area contributed by atoms with E-state index in [9.17, 15) is 5.11 Å². The van der Waals surface area contributed by atoms with E-state index in [1.165, 1.54) is 12.8 Å². The quantitative estimate of drug-likeness (QED) is 0.734. The van der Waals surface area contributed by atoms with Crippen LogP contribution in [0.2, 0.25) is 0 Å². The Balaban J connectivity index is 2.54. The molecule has 0 saturated heterocycles. The summed E-state index contributed by atoms with van der Waals surface area (Å²) < 4.78 is 0. The molecule has 1 N–H and O–H groups in total. The molecule has 0 aromatic rings. The molecule has 3 unspecified atom stereocenters. The third-order valence-electron chi connectivity index (χ3n) is 3.69. The number of hydrogen-bond donors (Lipinski definition) is 1. The second kappa shape index (κ2) is 4.65. The lowest BCUT2D eigenvalue weighted by atomic mass is 9.70. The van der Waals surface area contributed by atoms with Crippen LogP contribution in [0, 0.1) is 17.8 Å². The first-order chi connectivity index (χ1) is 6.45. The summed E-state index contributed by atoms with van der Waals surface area (Å²) in [5.74, 6) is 2.07. The molecule has 0 radical (unpaired) electrons. The minimum Gasteiger partial charge on any atom is -0.390 e. The van der Waals surface area contributed by atoms with Crippen molar-refractivity contribution >= 4 is 0 Å². The largest absolute Gasteiger partial charge is 0.390 e. The molecule has 1 aliphatic carbocycles. The average molecular weight is 198 g/mol. The minimum absolute atomic E-state index is 0.355. The van der Waals surface area contributed by atoms with Crippen LogP contribution in [0.15, 0.2) is 0 Å². The molecule has 3 atom stereocenters. The van der Waals surface area contributed by atoms with Crippen LogP contribution in [0.4, 0.5) is 0 Å². The van der Waals surface area contributed by atoms with Gasteiger partial charge in [-0.2, -0.15) is 0 Å². The van der Waals surface area contributed by atoms with Crippen molar-refractivity contribution in [2.75, 3.05) is 0 Å². The van der Waals surface area contributed by atoms with Crippen molar-refractivity contribution in [1.29, 1.82) is 0 Å². The summed E-state index contributed by atoms with van der Waals surface area (Å²) in [4.78, 5) is 0. The molecule has 0 amide bonds. The van der Waals surface area contributed by atoms with E-state index in [4.69, 9.17) is 0 Å². The molecule has 1 saturated carbocycles. The highest BCUT2D eigenvalue weighted by molar-refractivity contribution is 4.88. The Labute approximate surface area is 88.9 Å². The highest BCUT2D eigenvalue weighted by Crippen LogP contribution is 2.39. The molecule has 1 aliphatic rings. The van der Waals surface area contributed by atoms with Crippen LogP contribution in [-0.2, 0) is 0 Å². The molecule has 0 heterocycles. The van der Waals surface area contributed by atoms with Crippen LogP contribution in [0.1, 0.15) is 59.8 Å². The molecule has 0 bridgehead atoms. The topological polar surface area (TPSA) is 20.2 Å². The van der Waals surface area contributed by atoms with E-state index in [-0.39, 0.29) is 5.60 Å². The molecule has 84 valence electrons. The lowest BCUT2D eigenvalue weighted by Gasteiger charge is -2.40. The Morgan fingerprint density at radius 3 is 2.21 bits per heavy atom. The first-order valence-electron chi connectivity index (χ1n) is 6.17. The van der Waals surface area contributed by atoms with Gasteiger partial charge in [-0.25, -0.2) is 0 Å². The van der Waals surface area contributed by atoms with E-state index in [0.717, 1.165) is 19.3 Å². The maximum atomic E-state index is 10.5. The van der Waals surface area contributed by atoms with Gasteiger partial charge in [-0.15, -0.1) is 0 Å². The van der Waals surface area contributed by atoms with Crippen molar-refractivity contribution in [3.05, 3.63) is 0 Å². The summed E-state index contributed by atoms with van der Waals surface area (Å²) in [7, 11) is 0. The normalized spacial score (nSPS) is 40.9. The van der Waals surface area contributed by atoms with Crippen LogP contribution in [0.5, 0.6) is 0 Å². The summed E-state index contributed by atoms with van der Waals surface area (Å²) in [5, 5.41) is 10.5. The summed E-state index contributed by atoms with van der Waals surface area (Å²) >= 11 is 0. The van der Waals surface area contributed by atoms with Crippen LogP contribution in [-0.4, -0.2) is 10.7 Å². The molecule has 0 aromatic carbocycles. The van der Waals surface area contributed by atoms with E-state index in [2.05, 4.69) is 27.7 Å². The molecule has 0 aliphatic heterocycles. The first kappa shape index (κ1) is 12.0. The Morgan fingerprint density at radius 1 is 1.29 bits per heavy atom. The monoisotopic (exact) mass is 198 g/mol. The zero-order valence-corrected chi connectivity index (χ0v) is 10.2. The Kier molecular flexibility index (Phi) is 4.00. The minimum atomic E-state index is -0.355. The second-order valence-corrected chi connectivity index (χ2v) is 5.80. The Bertz CT molecular complexity index is 166. The standard InChI is InChI=1S/C13H26O/c1-5-10(2)7-13(14)8-11(3)6-12(4)9-13/h10-12,14H,5-9H2,1-4H3. The Morgan fingerprint density at radius 2 is 1.79 bits per heavy atom. The van der Waals surface area contributed by atoms with Gasteiger partial charge >= 0.3 is 0 Å². The molecule has 1 heteroatoms. The maximum absolute atomic E-state index is 10.5. The molecule has 0 aromatic heterocycles. The fourth-order valence-electron chi connectivity index (χ4n) is 3.19. The van der Waals surface area contributed by atoms with Crippen molar-refractivity contribution in [2.45, 2.75) is 65.4 Å². The van der Waals surface area contributed by atoms with E-state index in [1.807, 2.05) is 0 Å². The summed E-state index contributed by atoms with van der Waals surface area (Å²) in [6, 6.07) is 0. The van der Waals surface area contributed by atoms with Gasteiger partial charge in [-0.1, -0.05) is 34.1 Å². The highest BCUT2D eigenvalue weighted by atomic mass is 16.3. The van der Waals surface area contributed by atoms with Gasteiger partial charge < -0.3 is 5.11 Å². The lowest BCUT2D eigenvalue weighted by molar-refractivity contribution is -0.0477. The van der Waals surface area contributed by atoms with Gasteiger partial charge in [-0.05, 0) is 43.4 Å². The molecular formula is C13H26O. The van der Waals surface area contributed by atoms with Crippen molar-refractivity contribution in [3.63, 3.8) is 0 Å².